The molecule has 0 bridgehead atoms. The van der Waals surface area contributed by atoms with Gasteiger partial charge in [0, 0.05) is 31.9 Å². The first-order valence-corrected chi connectivity index (χ1v) is 8.70. The second-order valence-electron chi connectivity index (χ2n) is 6.36. The molecule has 1 N–H and O–H groups in total. The Morgan fingerprint density at radius 2 is 1.58 bits per heavy atom. The minimum absolute atomic E-state index is 0.229. The van der Waals surface area contributed by atoms with Crippen molar-refractivity contribution in [2.45, 2.75) is 13.0 Å². The minimum atomic E-state index is -0.586. The Morgan fingerprint density at radius 3 is 2.19 bits per heavy atom. The van der Waals surface area contributed by atoms with Crippen LogP contribution in [0.5, 0.6) is 0 Å². The number of amides is 2. The van der Waals surface area contributed by atoms with Crippen LogP contribution in [0.4, 0.5) is 10.1 Å². The molecule has 1 aliphatic heterocycles. The zero-order chi connectivity index (χ0) is 18.5. The van der Waals surface area contributed by atoms with Gasteiger partial charge in [0.15, 0.2) is 0 Å². The van der Waals surface area contributed by atoms with Gasteiger partial charge in [0.1, 0.15) is 5.82 Å². The summed E-state index contributed by atoms with van der Waals surface area (Å²) < 4.78 is 13.0. The van der Waals surface area contributed by atoms with Crippen molar-refractivity contribution in [3.05, 3.63) is 66.0 Å². The van der Waals surface area contributed by atoms with Gasteiger partial charge in [-0.15, -0.1) is 0 Å². The van der Waals surface area contributed by atoms with Gasteiger partial charge in [-0.25, -0.2) is 4.39 Å². The predicted molar refractivity (Wildman–Crippen MR) is 98.2 cm³/mol. The predicted octanol–water partition coefficient (Wildman–Crippen LogP) is 2.35. The molecule has 1 unspecified atom stereocenters. The topological polar surface area (TPSA) is 52.7 Å². The molecule has 0 radical (unpaired) electrons. The quantitative estimate of drug-likeness (QED) is 0.860. The second kappa shape index (κ2) is 7.99. The lowest BCUT2D eigenvalue weighted by Crippen LogP contribution is -2.52. The Bertz CT molecular complexity index is 756. The number of benzene rings is 2. The van der Waals surface area contributed by atoms with Gasteiger partial charge in [-0.05, 0) is 36.8 Å². The lowest BCUT2D eigenvalue weighted by atomic mass is 10.1. The van der Waals surface area contributed by atoms with Crippen LogP contribution in [0.25, 0.3) is 0 Å². The largest absolute Gasteiger partial charge is 0.368 e. The number of carbonyl (C=O) groups is 2. The summed E-state index contributed by atoms with van der Waals surface area (Å²) >= 11 is 0. The van der Waals surface area contributed by atoms with E-state index in [1.807, 2.05) is 37.3 Å². The van der Waals surface area contributed by atoms with Crippen LogP contribution in [-0.4, -0.2) is 42.9 Å². The summed E-state index contributed by atoms with van der Waals surface area (Å²) in [5, 5.41) is 2.76. The van der Waals surface area contributed by atoms with Gasteiger partial charge < -0.3 is 15.1 Å². The SMILES string of the molecule is CC(NC(=O)C(=O)N1CCN(c2ccc(F)cc2)CC1)c1ccccc1. The van der Waals surface area contributed by atoms with Crippen molar-refractivity contribution in [3.63, 3.8) is 0 Å². The summed E-state index contributed by atoms with van der Waals surface area (Å²) in [5.41, 5.74) is 1.87. The van der Waals surface area contributed by atoms with Gasteiger partial charge in [-0.1, -0.05) is 30.3 Å². The maximum atomic E-state index is 13.0. The minimum Gasteiger partial charge on any atom is -0.368 e. The van der Waals surface area contributed by atoms with Gasteiger partial charge in [0.05, 0.1) is 6.04 Å². The number of carbonyl (C=O) groups excluding carboxylic acids is 2. The summed E-state index contributed by atoms with van der Waals surface area (Å²) in [6.45, 7) is 4.00. The lowest BCUT2D eigenvalue weighted by Gasteiger charge is -2.35. The molecule has 0 aliphatic carbocycles. The molecular weight excluding hydrogens is 333 g/mol. The van der Waals surface area contributed by atoms with Gasteiger partial charge in [0.25, 0.3) is 0 Å². The fourth-order valence-corrected chi connectivity index (χ4v) is 3.05. The van der Waals surface area contributed by atoms with E-state index in [2.05, 4.69) is 10.2 Å². The van der Waals surface area contributed by atoms with Crippen molar-refractivity contribution in [2.75, 3.05) is 31.1 Å². The average Bonchev–Trinajstić information content (AvgIpc) is 2.69. The van der Waals surface area contributed by atoms with Crippen LogP contribution in [0, 0.1) is 5.82 Å². The van der Waals surface area contributed by atoms with E-state index in [-0.39, 0.29) is 11.9 Å². The number of hydrogen-bond acceptors (Lipinski definition) is 3. The number of piperazine rings is 1. The fourth-order valence-electron chi connectivity index (χ4n) is 3.05. The molecule has 1 saturated heterocycles. The molecule has 5 nitrogen and oxygen atoms in total. The maximum Gasteiger partial charge on any atom is 0.312 e. The number of halogens is 1. The zero-order valence-corrected chi connectivity index (χ0v) is 14.7. The first-order valence-electron chi connectivity index (χ1n) is 8.70. The van der Waals surface area contributed by atoms with E-state index in [4.69, 9.17) is 0 Å². The molecule has 0 aromatic heterocycles. The molecule has 1 fully saturated rings. The van der Waals surface area contributed by atoms with Gasteiger partial charge in [-0.3, -0.25) is 9.59 Å². The standard InChI is InChI=1S/C20H22FN3O2/c1-15(16-5-3-2-4-6-16)22-19(25)20(26)24-13-11-23(12-14-24)18-9-7-17(21)8-10-18/h2-10,15H,11-14H2,1H3,(H,22,25). The van der Waals surface area contributed by atoms with Crippen molar-refractivity contribution in [1.82, 2.24) is 10.2 Å². The van der Waals surface area contributed by atoms with Crippen molar-refractivity contribution in [1.29, 1.82) is 0 Å². The van der Waals surface area contributed by atoms with Crippen LogP contribution < -0.4 is 10.2 Å². The normalized spacial score (nSPS) is 15.5. The third kappa shape index (κ3) is 4.20. The van der Waals surface area contributed by atoms with Gasteiger partial charge in [-0.2, -0.15) is 0 Å². The van der Waals surface area contributed by atoms with Crippen molar-refractivity contribution in [2.24, 2.45) is 0 Å². The Hall–Kier alpha value is -2.89. The van der Waals surface area contributed by atoms with Crippen LogP contribution in [0.15, 0.2) is 54.6 Å². The van der Waals surface area contributed by atoms with Crippen molar-refractivity contribution < 1.29 is 14.0 Å². The lowest BCUT2D eigenvalue weighted by molar-refractivity contribution is -0.146. The molecule has 1 aliphatic rings. The maximum absolute atomic E-state index is 13.0. The van der Waals surface area contributed by atoms with Crippen LogP contribution in [0.2, 0.25) is 0 Å². The van der Waals surface area contributed by atoms with E-state index >= 15 is 0 Å². The van der Waals surface area contributed by atoms with E-state index in [0.29, 0.717) is 26.2 Å². The Kier molecular flexibility index (Phi) is 5.51. The van der Waals surface area contributed by atoms with Crippen LogP contribution >= 0.6 is 0 Å². The summed E-state index contributed by atoms with van der Waals surface area (Å²) in [5.74, 6) is -1.37. The summed E-state index contributed by atoms with van der Waals surface area (Å²) in [7, 11) is 0. The Labute approximate surface area is 152 Å². The molecule has 26 heavy (non-hydrogen) atoms. The summed E-state index contributed by atoms with van der Waals surface area (Å²) in [4.78, 5) is 28.3. The highest BCUT2D eigenvalue weighted by atomic mass is 19.1. The number of nitrogens with zero attached hydrogens (tertiary/aromatic N) is 2. The van der Waals surface area contributed by atoms with Crippen molar-refractivity contribution in [3.8, 4) is 0 Å². The molecule has 0 saturated carbocycles. The third-order valence-corrected chi connectivity index (χ3v) is 4.60. The van der Waals surface area contributed by atoms with E-state index in [0.717, 1.165) is 11.3 Å². The Morgan fingerprint density at radius 1 is 0.962 bits per heavy atom. The molecule has 2 aromatic rings. The first kappa shape index (κ1) is 17.9. The van der Waals surface area contributed by atoms with Crippen LogP contribution in [0.3, 0.4) is 0 Å². The average molecular weight is 355 g/mol. The second-order valence-corrected chi connectivity index (χ2v) is 6.36. The highest BCUT2D eigenvalue weighted by Gasteiger charge is 2.27. The van der Waals surface area contributed by atoms with Crippen LogP contribution in [0.1, 0.15) is 18.5 Å². The molecule has 136 valence electrons. The Balaban J connectivity index is 1.53. The number of rotatable bonds is 3. The molecule has 1 atom stereocenters. The molecule has 2 aromatic carbocycles. The molecule has 0 spiro atoms. The third-order valence-electron chi connectivity index (χ3n) is 4.60. The molecule has 6 heteroatoms. The van der Waals surface area contributed by atoms with E-state index in [9.17, 15) is 14.0 Å². The molecule has 2 amide bonds. The molecular formula is C20H22FN3O2. The van der Waals surface area contributed by atoms with E-state index < -0.39 is 11.8 Å². The number of nitrogens with one attached hydrogen (secondary N) is 1. The van der Waals surface area contributed by atoms with Crippen molar-refractivity contribution >= 4 is 17.5 Å². The smallest absolute Gasteiger partial charge is 0.312 e. The zero-order valence-electron chi connectivity index (χ0n) is 14.7. The highest BCUT2D eigenvalue weighted by Crippen LogP contribution is 2.17. The summed E-state index contributed by atoms with van der Waals surface area (Å²) in [6.07, 6.45) is 0. The van der Waals surface area contributed by atoms with E-state index in [1.54, 1.807) is 17.0 Å². The fraction of sp³-hybridized carbons (Fsp3) is 0.300. The van der Waals surface area contributed by atoms with Crippen LogP contribution in [-0.2, 0) is 9.59 Å². The van der Waals surface area contributed by atoms with Gasteiger partial charge >= 0.3 is 11.8 Å². The number of hydrogen-bond donors (Lipinski definition) is 1. The number of anilines is 1. The molecule has 1 heterocycles. The molecule has 3 rings (SSSR count). The van der Waals surface area contributed by atoms with Gasteiger partial charge in [0.2, 0.25) is 0 Å². The van der Waals surface area contributed by atoms with E-state index in [1.165, 1.54) is 12.1 Å². The highest BCUT2D eigenvalue weighted by molar-refractivity contribution is 6.35. The summed E-state index contributed by atoms with van der Waals surface area (Å²) in [6, 6.07) is 15.6. The monoisotopic (exact) mass is 355 g/mol. The first-order chi connectivity index (χ1) is 12.5.